The van der Waals surface area contributed by atoms with Crippen LogP contribution < -0.4 is 5.43 Å². The van der Waals surface area contributed by atoms with Crippen LogP contribution in [0.5, 0.6) is 5.75 Å². The fourth-order valence-corrected chi connectivity index (χ4v) is 4.24. The molecule has 0 aliphatic rings. The lowest BCUT2D eigenvalue weighted by atomic mass is 10.1. The number of non-ortho nitro benzene ring substituents is 1. The van der Waals surface area contributed by atoms with Crippen molar-refractivity contribution < 1.29 is 18.4 Å². The molecule has 2 rings (SSSR count). The second kappa shape index (κ2) is 8.81. The molecule has 0 spiro atoms. The Labute approximate surface area is 163 Å². The number of phenolic OH excluding ortho intramolecular Hbond substituents is 1. The Morgan fingerprint density at radius 3 is 2.43 bits per heavy atom. The number of aromatic hydroxyl groups is 1. The summed E-state index contributed by atoms with van der Waals surface area (Å²) < 4.78 is 27.1. The van der Waals surface area contributed by atoms with Gasteiger partial charge < -0.3 is 5.11 Å². The number of anilines is 1. The van der Waals surface area contributed by atoms with Gasteiger partial charge in [0.05, 0.1) is 16.3 Å². The maximum Gasteiger partial charge on any atom is 0.270 e. The standard InChI is InChI=1S/C18H22N4O5S/c1-4-21(5-2)28(26,27)18-12-14(22(24)25)10-11-16(18)20-19-13(3)15-8-6-7-9-17(15)23/h6-12,20,23H,4-5H2,1-3H3. The maximum atomic E-state index is 12.9. The fraction of sp³-hybridized carbons (Fsp3) is 0.278. The largest absolute Gasteiger partial charge is 0.507 e. The molecule has 9 nitrogen and oxygen atoms in total. The average Bonchev–Trinajstić information content (AvgIpc) is 2.67. The van der Waals surface area contributed by atoms with Crippen molar-refractivity contribution in [3.8, 4) is 5.75 Å². The predicted molar refractivity (Wildman–Crippen MR) is 107 cm³/mol. The molecule has 0 radical (unpaired) electrons. The summed E-state index contributed by atoms with van der Waals surface area (Å²) in [6.07, 6.45) is 0. The first-order valence-electron chi connectivity index (χ1n) is 8.59. The van der Waals surface area contributed by atoms with Crippen LogP contribution in [0.2, 0.25) is 0 Å². The first-order valence-corrected chi connectivity index (χ1v) is 10.0. The molecule has 0 unspecified atom stereocenters. The molecule has 0 bridgehead atoms. The number of hydrogen-bond donors (Lipinski definition) is 2. The number of nitro benzene ring substituents is 1. The predicted octanol–water partition coefficient (Wildman–Crippen LogP) is 3.17. The molecule has 0 aliphatic heterocycles. The minimum Gasteiger partial charge on any atom is -0.507 e. The number of sulfonamides is 1. The van der Waals surface area contributed by atoms with Gasteiger partial charge in [0.2, 0.25) is 10.0 Å². The van der Waals surface area contributed by atoms with Crippen LogP contribution in [0.3, 0.4) is 0 Å². The van der Waals surface area contributed by atoms with Crippen LogP contribution in [0.15, 0.2) is 52.5 Å². The van der Waals surface area contributed by atoms with Crippen LogP contribution in [-0.4, -0.2) is 41.6 Å². The third kappa shape index (κ3) is 4.46. The number of benzene rings is 2. The minimum atomic E-state index is -3.96. The number of nitro groups is 1. The van der Waals surface area contributed by atoms with Gasteiger partial charge in [0.25, 0.3) is 5.69 Å². The second-order valence-electron chi connectivity index (χ2n) is 5.85. The lowest BCUT2D eigenvalue weighted by molar-refractivity contribution is -0.385. The normalized spacial score (nSPS) is 12.2. The summed E-state index contributed by atoms with van der Waals surface area (Å²) in [6, 6.07) is 10.1. The van der Waals surface area contributed by atoms with Gasteiger partial charge in [0, 0.05) is 30.8 Å². The van der Waals surface area contributed by atoms with Crippen molar-refractivity contribution in [2.24, 2.45) is 5.10 Å². The first kappa shape index (κ1) is 21.3. The summed E-state index contributed by atoms with van der Waals surface area (Å²) in [5.74, 6) is 0.0326. The van der Waals surface area contributed by atoms with E-state index in [4.69, 9.17) is 0 Å². The molecular weight excluding hydrogens is 384 g/mol. The lowest BCUT2D eigenvalue weighted by Crippen LogP contribution is -2.31. The van der Waals surface area contributed by atoms with Gasteiger partial charge >= 0.3 is 0 Å². The van der Waals surface area contributed by atoms with Gasteiger partial charge in [-0.3, -0.25) is 15.5 Å². The van der Waals surface area contributed by atoms with Crippen molar-refractivity contribution in [1.82, 2.24) is 4.31 Å². The Bertz CT molecular complexity index is 1000. The van der Waals surface area contributed by atoms with Crippen LogP contribution in [0.25, 0.3) is 0 Å². The van der Waals surface area contributed by atoms with E-state index >= 15 is 0 Å². The van der Waals surface area contributed by atoms with Crippen molar-refractivity contribution in [3.63, 3.8) is 0 Å². The summed E-state index contributed by atoms with van der Waals surface area (Å²) in [4.78, 5) is 10.2. The Hall–Kier alpha value is -2.98. The van der Waals surface area contributed by atoms with Gasteiger partial charge in [-0.2, -0.15) is 9.41 Å². The summed E-state index contributed by atoms with van der Waals surface area (Å²) >= 11 is 0. The zero-order valence-corrected chi connectivity index (χ0v) is 16.6. The highest BCUT2D eigenvalue weighted by Crippen LogP contribution is 2.29. The number of nitrogens with zero attached hydrogens (tertiary/aromatic N) is 3. The van der Waals surface area contributed by atoms with Gasteiger partial charge in [0.15, 0.2) is 0 Å². The van der Waals surface area contributed by atoms with Gasteiger partial charge in [0.1, 0.15) is 10.6 Å². The summed E-state index contributed by atoms with van der Waals surface area (Å²) in [7, 11) is -3.96. The smallest absolute Gasteiger partial charge is 0.270 e. The van der Waals surface area contributed by atoms with Crippen molar-refractivity contribution in [2.45, 2.75) is 25.7 Å². The molecule has 10 heteroatoms. The molecule has 0 aliphatic carbocycles. The molecule has 150 valence electrons. The Balaban J connectivity index is 2.51. The quantitative estimate of drug-likeness (QED) is 0.394. The average molecular weight is 406 g/mol. The van der Waals surface area contributed by atoms with E-state index in [2.05, 4.69) is 10.5 Å². The van der Waals surface area contributed by atoms with Gasteiger partial charge in [-0.25, -0.2) is 8.42 Å². The summed E-state index contributed by atoms with van der Waals surface area (Å²) in [5.41, 5.74) is 3.33. The third-order valence-electron chi connectivity index (χ3n) is 4.14. The molecule has 2 aromatic rings. The number of hydrazone groups is 1. The van der Waals surface area contributed by atoms with Crippen molar-refractivity contribution in [2.75, 3.05) is 18.5 Å². The highest BCUT2D eigenvalue weighted by Gasteiger charge is 2.27. The second-order valence-corrected chi connectivity index (χ2v) is 7.76. The van der Waals surface area contributed by atoms with E-state index in [1.807, 2.05) is 0 Å². The number of hydrogen-bond acceptors (Lipinski definition) is 7. The molecule has 0 saturated heterocycles. The van der Waals surface area contributed by atoms with Crippen molar-refractivity contribution in [1.29, 1.82) is 0 Å². The molecule has 2 N–H and O–H groups in total. The topological polar surface area (TPSA) is 125 Å². The number of para-hydroxylation sites is 1. The van der Waals surface area contributed by atoms with Crippen molar-refractivity contribution in [3.05, 3.63) is 58.1 Å². The van der Waals surface area contributed by atoms with Crippen LogP contribution >= 0.6 is 0 Å². The molecular formula is C18H22N4O5S. The van der Waals surface area contributed by atoms with E-state index in [1.165, 1.54) is 22.5 Å². The zero-order chi connectivity index (χ0) is 20.9. The van der Waals surface area contributed by atoms with E-state index in [9.17, 15) is 23.6 Å². The summed E-state index contributed by atoms with van der Waals surface area (Å²) in [6.45, 7) is 5.46. The highest BCUT2D eigenvalue weighted by molar-refractivity contribution is 7.89. The molecule has 0 saturated carbocycles. The number of phenols is 1. The highest BCUT2D eigenvalue weighted by atomic mass is 32.2. The van der Waals surface area contributed by atoms with E-state index in [1.54, 1.807) is 39.0 Å². The molecule has 0 aromatic heterocycles. The molecule has 0 fully saturated rings. The Morgan fingerprint density at radius 1 is 1.21 bits per heavy atom. The van der Waals surface area contributed by atoms with Crippen LogP contribution in [0, 0.1) is 10.1 Å². The number of rotatable bonds is 8. The fourth-order valence-electron chi connectivity index (χ4n) is 2.62. The van der Waals surface area contributed by atoms with Gasteiger partial charge in [-0.05, 0) is 25.1 Å². The Kier molecular flexibility index (Phi) is 6.71. The van der Waals surface area contributed by atoms with E-state index < -0.39 is 14.9 Å². The number of nitrogens with one attached hydrogen (secondary N) is 1. The van der Waals surface area contributed by atoms with Crippen LogP contribution in [-0.2, 0) is 10.0 Å². The van der Waals surface area contributed by atoms with Gasteiger partial charge in [-0.15, -0.1) is 0 Å². The van der Waals surface area contributed by atoms with E-state index in [-0.39, 0.29) is 35.1 Å². The van der Waals surface area contributed by atoms with Crippen LogP contribution in [0.4, 0.5) is 11.4 Å². The molecule has 28 heavy (non-hydrogen) atoms. The van der Waals surface area contributed by atoms with Gasteiger partial charge in [-0.1, -0.05) is 26.0 Å². The van der Waals surface area contributed by atoms with E-state index in [0.717, 1.165) is 6.07 Å². The monoisotopic (exact) mass is 406 g/mol. The van der Waals surface area contributed by atoms with Crippen LogP contribution in [0.1, 0.15) is 26.3 Å². The lowest BCUT2D eigenvalue weighted by Gasteiger charge is -2.20. The van der Waals surface area contributed by atoms with E-state index in [0.29, 0.717) is 11.3 Å². The zero-order valence-electron chi connectivity index (χ0n) is 15.8. The molecule has 0 amide bonds. The SMILES string of the molecule is CCN(CC)S(=O)(=O)c1cc([N+](=O)[O-])ccc1NN=C(C)c1ccccc1O. The Morgan fingerprint density at radius 2 is 1.86 bits per heavy atom. The first-order chi connectivity index (χ1) is 13.2. The van der Waals surface area contributed by atoms with Crippen molar-refractivity contribution >= 4 is 27.1 Å². The third-order valence-corrected chi connectivity index (χ3v) is 6.23. The minimum absolute atomic E-state index is 0.0326. The maximum absolute atomic E-state index is 12.9. The molecule has 2 aromatic carbocycles. The molecule has 0 heterocycles. The molecule has 0 atom stereocenters. The summed E-state index contributed by atoms with van der Waals surface area (Å²) in [5, 5.41) is 25.2.